The fourth-order valence-electron chi connectivity index (χ4n) is 2.50. The van der Waals surface area contributed by atoms with Crippen LogP contribution in [0.25, 0.3) is 0 Å². The van der Waals surface area contributed by atoms with Gasteiger partial charge < -0.3 is 14.2 Å². The molecule has 0 atom stereocenters. The van der Waals surface area contributed by atoms with E-state index >= 15 is 0 Å². The van der Waals surface area contributed by atoms with Crippen molar-refractivity contribution in [2.24, 2.45) is 0 Å². The zero-order valence-corrected chi connectivity index (χ0v) is 16.4. The summed E-state index contributed by atoms with van der Waals surface area (Å²) in [6, 6.07) is 23.0. The summed E-state index contributed by atoms with van der Waals surface area (Å²) < 4.78 is 17.3. The van der Waals surface area contributed by atoms with E-state index in [0.717, 1.165) is 11.1 Å². The summed E-state index contributed by atoms with van der Waals surface area (Å²) in [5.74, 6) is 0.542. The van der Waals surface area contributed by atoms with Gasteiger partial charge in [0, 0.05) is 6.07 Å². The van der Waals surface area contributed by atoms with Crippen molar-refractivity contribution in [1.82, 2.24) is 0 Å². The molecule has 138 valence electrons. The number of benzene rings is 3. The van der Waals surface area contributed by atoms with Gasteiger partial charge in [0.1, 0.15) is 30.3 Å². The molecular weight excluding hydrogens is 408 g/mol. The van der Waals surface area contributed by atoms with Gasteiger partial charge in [-0.3, -0.25) is 0 Å². The molecule has 3 rings (SSSR count). The Bertz CT molecular complexity index is 895. The number of rotatable bonds is 7. The summed E-state index contributed by atoms with van der Waals surface area (Å²) in [4.78, 5) is 12.1. The Balaban J connectivity index is 1.82. The van der Waals surface area contributed by atoms with Crippen molar-refractivity contribution in [1.29, 1.82) is 0 Å². The van der Waals surface area contributed by atoms with E-state index < -0.39 is 5.97 Å². The summed E-state index contributed by atoms with van der Waals surface area (Å²) in [5, 5.41) is 0. The number of ether oxygens (including phenoxy) is 3. The fraction of sp³-hybridized carbons (Fsp3) is 0.136. The van der Waals surface area contributed by atoms with Crippen LogP contribution in [0.1, 0.15) is 21.5 Å². The van der Waals surface area contributed by atoms with Crippen LogP contribution in [0.5, 0.6) is 11.5 Å². The lowest BCUT2D eigenvalue weighted by atomic mass is 10.2. The average molecular weight is 427 g/mol. The first kappa shape index (κ1) is 19.0. The maximum Gasteiger partial charge on any atom is 0.341 e. The molecule has 0 aliphatic rings. The van der Waals surface area contributed by atoms with Crippen LogP contribution in [0.4, 0.5) is 0 Å². The van der Waals surface area contributed by atoms with Gasteiger partial charge in [0.05, 0.1) is 11.6 Å². The van der Waals surface area contributed by atoms with Gasteiger partial charge in [-0.1, -0.05) is 60.7 Å². The lowest BCUT2D eigenvalue weighted by Crippen LogP contribution is -2.07. The van der Waals surface area contributed by atoms with E-state index in [-0.39, 0.29) is 0 Å². The van der Waals surface area contributed by atoms with Gasteiger partial charge in [-0.25, -0.2) is 4.79 Å². The van der Waals surface area contributed by atoms with Gasteiger partial charge in [0.2, 0.25) is 0 Å². The first-order valence-corrected chi connectivity index (χ1v) is 9.22. The molecule has 27 heavy (non-hydrogen) atoms. The van der Waals surface area contributed by atoms with E-state index in [9.17, 15) is 4.79 Å². The van der Waals surface area contributed by atoms with Gasteiger partial charge in [-0.2, -0.15) is 0 Å². The molecule has 0 amide bonds. The summed E-state index contributed by atoms with van der Waals surface area (Å²) in [6.45, 7) is 0.750. The second-order valence-electron chi connectivity index (χ2n) is 5.82. The van der Waals surface area contributed by atoms with Crippen LogP contribution >= 0.6 is 15.9 Å². The molecule has 0 saturated carbocycles. The predicted molar refractivity (Wildman–Crippen MR) is 107 cm³/mol. The van der Waals surface area contributed by atoms with Crippen LogP contribution in [0.3, 0.4) is 0 Å². The predicted octanol–water partition coefficient (Wildman–Crippen LogP) is 5.39. The SMILES string of the molecule is COC(=O)c1cc(Br)c(OCc2ccccc2)cc1OCc1ccccc1. The zero-order valence-electron chi connectivity index (χ0n) is 14.9. The van der Waals surface area contributed by atoms with E-state index in [1.54, 1.807) is 12.1 Å². The van der Waals surface area contributed by atoms with E-state index in [2.05, 4.69) is 15.9 Å². The number of carbonyl (C=O) groups is 1. The number of carbonyl (C=O) groups excluding carboxylic acids is 1. The van der Waals surface area contributed by atoms with Crippen LogP contribution in [-0.4, -0.2) is 13.1 Å². The van der Waals surface area contributed by atoms with Crippen molar-refractivity contribution >= 4 is 21.9 Å². The van der Waals surface area contributed by atoms with Crippen molar-refractivity contribution in [3.63, 3.8) is 0 Å². The third kappa shape index (κ3) is 5.11. The maximum absolute atomic E-state index is 12.1. The van der Waals surface area contributed by atoms with Gasteiger partial charge in [0.25, 0.3) is 0 Å². The highest BCUT2D eigenvalue weighted by Gasteiger charge is 2.18. The molecule has 0 saturated heterocycles. The number of hydrogen-bond acceptors (Lipinski definition) is 4. The van der Waals surface area contributed by atoms with Crippen molar-refractivity contribution < 1.29 is 19.0 Å². The Morgan fingerprint density at radius 1 is 0.815 bits per heavy atom. The number of hydrogen-bond donors (Lipinski definition) is 0. The first-order valence-electron chi connectivity index (χ1n) is 8.42. The van der Waals surface area contributed by atoms with Crippen LogP contribution in [0.15, 0.2) is 77.3 Å². The number of esters is 1. The van der Waals surface area contributed by atoms with Crippen LogP contribution in [0.2, 0.25) is 0 Å². The Morgan fingerprint density at radius 3 is 1.85 bits per heavy atom. The maximum atomic E-state index is 12.1. The standard InChI is InChI=1S/C22H19BrO4/c1-25-22(24)18-12-19(23)21(27-15-17-10-6-3-7-11-17)13-20(18)26-14-16-8-4-2-5-9-16/h2-13H,14-15H2,1H3. The molecular formula is C22H19BrO4. The fourth-order valence-corrected chi connectivity index (χ4v) is 2.96. The Hall–Kier alpha value is -2.79. The average Bonchev–Trinajstić information content (AvgIpc) is 2.72. The molecule has 5 heteroatoms. The minimum absolute atomic E-state index is 0.338. The van der Waals surface area contributed by atoms with E-state index in [1.165, 1.54) is 7.11 Å². The van der Waals surface area contributed by atoms with E-state index in [1.807, 2.05) is 60.7 Å². The molecule has 0 aromatic heterocycles. The smallest absolute Gasteiger partial charge is 0.341 e. The minimum Gasteiger partial charge on any atom is -0.488 e. The zero-order chi connectivity index (χ0) is 19.1. The molecule has 0 aliphatic carbocycles. The highest BCUT2D eigenvalue weighted by atomic mass is 79.9. The minimum atomic E-state index is -0.464. The van der Waals surface area contributed by atoms with Crippen LogP contribution in [0, 0.1) is 0 Å². The lowest BCUT2D eigenvalue weighted by molar-refractivity contribution is 0.0595. The summed E-state index contributed by atoms with van der Waals surface area (Å²) in [7, 11) is 1.34. The molecule has 4 nitrogen and oxygen atoms in total. The molecule has 0 N–H and O–H groups in total. The summed E-state index contributed by atoms with van der Waals surface area (Å²) in [5.41, 5.74) is 2.39. The van der Waals surface area contributed by atoms with Crippen LogP contribution < -0.4 is 9.47 Å². The molecule has 0 heterocycles. The highest BCUT2D eigenvalue weighted by molar-refractivity contribution is 9.10. The molecule has 0 unspecified atom stereocenters. The second kappa shape index (κ2) is 9.24. The second-order valence-corrected chi connectivity index (χ2v) is 6.67. The van der Waals surface area contributed by atoms with Crippen molar-refractivity contribution in [2.75, 3.05) is 7.11 Å². The van der Waals surface area contributed by atoms with Crippen molar-refractivity contribution in [3.8, 4) is 11.5 Å². The lowest BCUT2D eigenvalue weighted by Gasteiger charge is -2.15. The Labute approximate surface area is 166 Å². The van der Waals surface area contributed by atoms with Crippen LogP contribution in [-0.2, 0) is 18.0 Å². The van der Waals surface area contributed by atoms with Crippen molar-refractivity contribution in [2.45, 2.75) is 13.2 Å². The molecule has 3 aromatic carbocycles. The molecule has 0 bridgehead atoms. The van der Waals surface area contributed by atoms with Gasteiger partial charge in [-0.05, 0) is 33.1 Å². The molecule has 0 aliphatic heterocycles. The van der Waals surface area contributed by atoms with E-state index in [0.29, 0.717) is 34.7 Å². The number of halogens is 1. The monoisotopic (exact) mass is 426 g/mol. The molecule has 0 spiro atoms. The summed E-state index contributed by atoms with van der Waals surface area (Å²) >= 11 is 3.46. The highest BCUT2D eigenvalue weighted by Crippen LogP contribution is 2.34. The largest absolute Gasteiger partial charge is 0.488 e. The van der Waals surface area contributed by atoms with Gasteiger partial charge >= 0.3 is 5.97 Å². The Morgan fingerprint density at radius 2 is 1.33 bits per heavy atom. The third-order valence-corrected chi connectivity index (χ3v) is 4.53. The number of methoxy groups -OCH3 is 1. The molecule has 0 radical (unpaired) electrons. The normalized spacial score (nSPS) is 10.3. The topological polar surface area (TPSA) is 44.8 Å². The van der Waals surface area contributed by atoms with E-state index in [4.69, 9.17) is 14.2 Å². The Kier molecular flexibility index (Phi) is 6.49. The van der Waals surface area contributed by atoms with Gasteiger partial charge in [-0.15, -0.1) is 0 Å². The quantitative estimate of drug-likeness (QED) is 0.474. The molecule has 0 fully saturated rings. The van der Waals surface area contributed by atoms with Gasteiger partial charge in [0.15, 0.2) is 0 Å². The first-order chi connectivity index (χ1) is 13.2. The molecule has 3 aromatic rings. The van der Waals surface area contributed by atoms with Crippen molar-refractivity contribution in [3.05, 3.63) is 94.0 Å². The summed E-state index contributed by atoms with van der Waals surface area (Å²) in [6.07, 6.45) is 0. The third-order valence-electron chi connectivity index (χ3n) is 3.91.